The molecule has 0 atom stereocenters. The molecule has 6 heteroatoms. The van der Waals surface area contributed by atoms with E-state index in [0.717, 1.165) is 54.9 Å². The second-order valence-corrected chi connectivity index (χ2v) is 9.06. The van der Waals surface area contributed by atoms with Gasteiger partial charge in [-0.15, -0.1) is 0 Å². The summed E-state index contributed by atoms with van der Waals surface area (Å²) in [5.41, 5.74) is 1.05. The van der Waals surface area contributed by atoms with Gasteiger partial charge >= 0.3 is 5.97 Å². The summed E-state index contributed by atoms with van der Waals surface area (Å²) < 4.78 is 6.44. The van der Waals surface area contributed by atoms with Crippen LogP contribution in [0.5, 0.6) is 5.75 Å². The van der Waals surface area contributed by atoms with Crippen molar-refractivity contribution in [2.24, 2.45) is 0 Å². The fourth-order valence-corrected chi connectivity index (χ4v) is 4.09. The predicted octanol–water partition coefficient (Wildman–Crippen LogP) is 6.00. The van der Waals surface area contributed by atoms with Crippen LogP contribution in [0.4, 0.5) is 0 Å². The molecular formula is C25H28INO4. The minimum Gasteiger partial charge on any atom is -0.427 e. The molecule has 0 radical (unpaired) electrons. The Hall–Kier alpha value is -2.22. The smallest absolute Gasteiger partial charge is 0.311 e. The Morgan fingerprint density at radius 3 is 1.84 bits per heavy atom. The van der Waals surface area contributed by atoms with Gasteiger partial charge in [-0.1, -0.05) is 50.7 Å². The number of imide groups is 1. The summed E-state index contributed by atoms with van der Waals surface area (Å²) in [7, 11) is 0. The van der Waals surface area contributed by atoms with E-state index in [4.69, 9.17) is 4.74 Å². The third-order valence-electron chi connectivity index (χ3n) is 5.44. The monoisotopic (exact) mass is 533 g/mol. The highest BCUT2D eigenvalue weighted by Gasteiger charge is 2.34. The van der Waals surface area contributed by atoms with E-state index < -0.39 is 0 Å². The van der Waals surface area contributed by atoms with Gasteiger partial charge in [0.25, 0.3) is 11.8 Å². The lowest BCUT2D eigenvalue weighted by molar-refractivity contribution is -0.134. The number of amides is 2. The van der Waals surface area contributed by atoms with Crippen molar-refractivity contribution < 1.29 is 19.1 Å². The van der Waals surface area contributed by atoms with Crippen LogP contribution >= 0.6 is 22.6 Å². The number of fused-ring (bicyclic) bond motifs is 1. The van der Waals surface area contributed by atoms with Crippen LogP contribution < -0.4 is 4.74 Å². The van der Waals surface area contributed by atoms with Crippen molar-refractivity contribution in [3.05, 3.63) is 63.2 Å². The van der Waals surface area contributed by atoms with E-state index >= 15 is 0 Å². The van der Waals surface area contributed by atoms with Crippen LogP contribution in [-0.2, 0) is 4.79 Å². The Bertz CT molecular complexity index is 875. The first kappa shape index (κ1) is 23.4. The van der Waals surface area contributed by atoms with Crippen LogP contribution in [0.3, 0.4) is 0 Å². The second kappa shape index (κ2) is 12.0. The molecule has 3 rings (SSSR count). The third-order valence-corrected chi connectivity index (χ3v) is 6.16. The van der Waals surface area contributed by atoms with Gasteiger partial charge in [-0.05, 0) is 71.8 Å². The SMILES string of the molecule is O=C(CCCCCCCCCCN1C(=O)c2ccccc2C1=O)Oc1ccc(I)cc1. The number of unbranched alkanes of at least 4 members (excludes halogenated alkanes) is 7. The quantitative estimate of drug-likeness (QED) is 0.110. The highest BCUT2D eigenvalue weighted by atomic mass is 127. The molecule has 0 unspecified atom stereocenters. The first-order valence-electron chi connectivity index (χ1n) is 11.0. The summed E-state index contributed by atoms with van der Waals surface area (Å²) in [5, 5.41) is 0. The van der Waals surface area contributed by atoms with Crippen molar-refractivity contribution >= 4 is 40.4 Å². The number of hydrogen-bond acceptors (Lipinski definition) is 4. The predicted molar refractivity (Wildman–Crippen MR) is 128 cm³/mol. The zero-order chi connectivity index (χ0) is 22.1. The number of rotatable bonds is 12. The summed E-state index contributed by atoms with van der Waals surface area (Å²) in [4.78, 5) is 37.8. The topological polar surface area (TPSA) is 63.7 Å². The molecule has 0 spiro atoms. The van der Waals surface area contributed by atoms with Crippen molar-refractivity contribution in [1.82, 2.24) is 4.90 Å². The fourth-order valence-electron chi connectivity index (χ4n) is 3.73. The summed E-state index contributed by atoms with van der Waals surface area (Å²) in [6.07, 6.45) is 8.65. The fraction of sp³-hybridized carbons (Fsp3) is 0.400. The molecule has 0 saturated heterocycles. The van der Waals surface area contributed by atoms with Crippen molar-refractivity contribution in [3.8, 4) is 5.75 Å². The lowest BCUT2D eigenvalue weighted by atomic mass is 10.1. The van der Waals surface area contributed by atoms with Gasteiger partial charge in [0, 0.05) is 16.5 Å². The van der Waals surface area contributed by atoms with E-state index in [1.165, 1.54) is 4.90 Å². The molecular weight excluding hydrogens is 505 g/mol. The maximum Gasteiger partial charge on any atom is 0.311 e. The Kier molecular flexibility index (Phi) is 9.06. The Balaban J connectivity index is 1.18. The van der Waals surface area contributed by atoms with Crippen molar-refractivity contribution in [3.63, 3.8) is 0 Å². The molecule has 0 bridgehead atoms. The van der Waals surface area contributed by atoms with E-state index in [9.17, 15) is 14.4 Å². The van der Waals surface area contributed by atoms with E-state index in [0.29, 0.717) is 29.8 Å². The van der Waals surface area contributed by atoms with Crippen LogP contribution in [0.2, 0.25) is 0 Å². The van der Waals surface area contributed by atoms with Gasteiger partial charge in [0.1, 0.15) is 5.75 Å². The number of carbonyl (C=O) groups excluding carboxylic acids is 3. The molecule has 0 saturated carbocycles. The number of ether oxygens (including phenoxy) is 1. The number of carbonyl (C=O) groups is 3. The molecule has 1 heterocycles. The maximum absolute atomic E-state index is 12.3. The van der Waals surface area contributed by atoms with Crippen LogP contribution in [0.1, 0.15) is 78.5 Å². The standard InChI is InChI=1S/C25H28INO4/c26-19-14-16-20(17-15-19)31-23(28)13-7-5-3-1-2-4-6-10-18-27-24(29)21-11-8-9-12-22(21)25(27)30/h8-9,11-12,14-17H,1-7,10,13,18H2. The van der Waals surface area contributed by atoms with Crippen molar-refractivity contribution in [2.75, 3.05) is 6.54 Å². The summed E-state index contributed by atoms with van der Waals surface area (Å²) in [5.74, 6) is 0.100. The first-order valence-corrected chi connectivity index (χ1v) is 12.1. The van der Waals surface area contributed by atoms with Gasteiger partial charge in [-0.3, -0.25) is 19.3 Å². The normalized spacial score (nSPS) is 12.9. The lowest BCUT2D eigenvalue weighted by Crippen LogP contribution is -2.30. The molecule has 0 aliphatic carbocycles. The van der Waals surface area contributed by atoms with E-state index in [-0.39, 0.29) is 17.8 Å². The van der Waals surface area contributed by atoms with Gasteiger partial charge in [0.2, 0.25) is 0 Å². The molecule has 2 aromatic rings. The summed E-state index contributed by atoms with van der Waals surface area (Å²) >= 11 is 2.22. The van der Waals surface area contributed by atoms with Gasteiger partial charge in [-0.2, -0.15) is 0 Å². The number of halogens is 1. The molecule has 164 valence electrons. The molecule has 0 fully saturated rings. The summed E-state index contributed by atoms with van der Waals surface area (Å²) in [6.45, 7) is 0.495. The van der Waals surface area contributed by atoms with E-state index in [1.807, 2.05) is 24.3 Å². The molecule has 2 aromatic carbocycles. The zero-order valence-electron chi connectivity index (χ0n) is 17.6. The molecule has 0 aromatic heterocycles. The number of hydrogen-bond donors (Lipinski definition) is 0. The Morgan fingerprint density at radius 2 is 1.26 bits per heavy atom. The van der Waals surface area contributed by atoms with Crippen LogP contribution in [0, 0.1) is 3.57 Å². The van der Waals surface area contributed by atoms with Crippen LogP contribution in [-0.4, -0.2) is 29.2 Å². The molecule has 1 aliphatic rings. The molecule has 0 N–H and O–H groups in total. The minimum absolute atomic E-state index is 0.166. The zero-order valence-corrected chi connectivity index (χ0v) is 19.8. The maximum atomic E-state index is 12.3. The lowest BCUT2D eigenvalue weighted by Gasteiger charge is -2.13. The number of esters is 1. The second-order valence-electron chi connectivity index (χ2n) is 7.81. The highest BCUT2D eigenvalue weighted by molar-refractivity contribution is 14.1. The average molecular weight is 533 g/mol. The summed E-state index contributed by atoms with van der Waals surface area (Å²) in [6, 6.07) is 14.5. The number of nitrogens with zero attached hydrogens (tertiary/aromatic N) is 1. The van der Waals surface area contributed by atoms with E-state index in [1.54, 1.807) is 24.3 Å². The van der Waals surface area contributed by atoms with Crippen molar-refractivity contribution in [2.45, 2.75) is 57.8 Å². The average Bonchev–Trinajstić information content (AvgIpc) is 3.01. The molecule has 1 aliphatic heterocycles. The molecule has 2 amide bonds. The largest absolute Gasteiger partial charge is 0.427 e. The van der Waals surface area contributed by atoms with Crippen molar-refractivity contribution in [1.29, 1.82) is 0 Å². The minimum atomic E-state index is -0.172. The van der Waals surface area contributed by atoms with Gasteiger partial charge in [0.15, 0.2) is 0 Å². The molecule has 5 nitrogen and oxygen atoms in total. The molecule has 31 heavy (non-hydrogen) atoms. The van der Waals surface area contributed by atoms with E-state index in [2.05, 4.69) is 22.6 Å². The number of benzene rings is 2. The van der Waals surface area contributed by atoms with Gasteiger partial charge < -0.3 is 4.74 Å². The first-order chi connectivity index (χ1) is 15.1. The van der Waals surface area contributed by atoms with Crippen LogP contribution in [0.25, 0.3) is 0 Å². The highest BCUT2D eigenvalue weighted by Crippen LogP contribution is 2.23. The third kappa shape index (κ3) is 6.89. The Morgan fingerprint density at radius 1 is 0.742 bits per heavy atom. The van der Waals surface area contributed by atoms with Gasteiger partial charge in [0.05, 0.1) is 11.1 Å². The van der Waals surface area contributed by atoms with Crippen LogP contribution in [0.15, 0.2) is 48.5 Å². The Labute approximate surface area is 197 Å². The van der Waals surface area contributed by atoms with Gasteiger partial charge in [-0.25, -0.2) is 0 Å².